The van der Waals surface area contributed by atoms with Crippen LogP contribution in [0.3, 0.4) is 0 Å². The monoisotopic (exact) mass is 346 g/mol. The number of carbonyl (C=O) groups is 1. The minimum absolute atomic E-state index is 0.0614. The van der Waals surface area contributed by atoms with Crippen LogP contribution in [0.1, 0.15) is 13.3 Å². The number of benzene rings is 1. The first kappa shape index (κ1) is 15.3. The predicted molar refractivity (Wildman–Crippen MR) is 87.4 cm³/mol. The Kier molecular flexibility index (Phi) is 3.79. The zero-order valence-corrected chi connectivity index (χ0v) is 14.0. The Morgan fingerprint density at radius 3 is 2.24 bits per heavy atom. The number of nitrogens with zero attached hydrogens (tertiary/aromatic N) is 2. The largest absolute Gasteiger partial charge is 0.367 e. The minimum atomic E-state index is -0.899. The molecule has 2 aliphatic rings. The maximum absolute atomic E-state index is 12.5. The molecule has 1 heterocycles. The second-order valence-corrected chi connectivity index (χ2v) is 7.84. The van der Waals surface area contributed by atoms with Crippen molar-refractivity contribution in [2.24, 2.45) is 5.41 Å². The van der Waals surface area contributed by atoms with Crippen LogP contribution in [0, 0.1) is 5.41 Å². The van der Waals surface area contributed by atoms with Crippen molar-refractivity contribution in [2.45, 2.75) is 17.7 Å². The smallest absolute Gasteiger partial charge is 0.231 e. The summed E-state index contributed by atoms with van der Waals surface area (Å²) in [5, 5.41) is 0.743. The van der Waals surface area contributed by atoms with Gasteiger partial charge >= 0.3 is 0 Å². The lowest BCUT2D eigenvalue weighted by Gasteiger charge is -2.37. The summed E-state index contributed by atoms with van der Waals surface area (Å²) in [4.78, 5) is 16.6. The molecule has 21 heavy (non-hydrogen) atoms. The molecule has 114 valence electrons. The van der Waals surface area contributed by atoms with Gasteiger partial charge in [-0.25, -0.2) is 0 Å². The Balaban J connectivity index is 1.64. The molecule has 3 rings (SSSR count). The zero-order chi connectivity index (χ0) is 15.3. The lowest BCUT2D eigenvalue weighted by Crippen LogP contribution is -2.51. The molecule has 1 amide bonds. The fraction of sp³-hybridized carbons (Fsp3) is 0.533. The Labute approximate surface area is 139 Å². The van der Waals surface area contributed by atoms with Gasteiger partial charge in [-0.15, -0.1) is 23.2 Å². The molecule has 1 saturated heterocycles. The molecule has 0 spiro atoms. The fourth-order valence-electron chi connectivity index (χ4n) is 2.84. The van der Waals surface area contributed by atoms with Crippen molar-refractivity contribution in [3.8, 4) is 0 Å². The molecule has 0 radical (unpaired) electrons. The van der Waals surface area contributed by atoms with Gasteiger partial charge in [0, 0.05) is 26.2 Å². The highest BCUT2D eigenvalue weighted by Crippen LogP contribution is 2.64. The maximum Gasteiger partial charge on any atom is 0.231 e. The summed E-state index contributed by atoms with van der Waals surface area (Å²) in [5.41, 5.74) is 0.399. The van der Waals surface area contributed by atoms with Crippen LogP contribution >= 0.6 is 34.8 Å². The molecule has 1 atom stereocenters. The van der Waals surface area contributed by atoms with Gasteiger partial charge in [-0.3, -0.25) is 4.79 Å². The third-order valence-corrected chi connectivity index (χ3v) is 5.91. The zero-order valence-electron chi connectivity index (χ0n) is 11.8. The van der Waals surface area contributed by atoms with E-state index in [2.05, 4.69) is 4.90 Å². The van der Waals surface area contributed by atoms with Crippen LogP contribution in [-0.4, -0.2) is 41.3 Å². The first-order chi connectivity index (χ1) is 9.85. The number of rotatable bonds is 2. The van der Waals surface area contributed by atoms with E-state index in [0.717, 1.165) is 23.8 Å². The number of carbonyl (C=O) groups excluding carboxylic acids is 1. The molecule has 1 aromatic carbocycles. The number of piperazine rings is 1. The molecule has 1 saturated carbocycles. The molecule has 3 nitrogen and oxygen atoms in total. The van der Waals surface area contributed by atoms with Gasteiger partial charge in [0.1, 0.15) is 4.33 Å². The summed E-state index contributed by atoms with van der Waals surface area (Å²) in [6, 6.07) is 7.78. The number of hydrogen-bond donors (Lipinski definition) is 0. The van der Waals surface area contributed by atoms with E-state index in [1.165, 1.54) is 0 Å². The topological polar surface area (TPSA) is 23.6 Å². The summed E-state index contributed by atoms with van der Waals surface area (Å²) in [7, 11) is 0. The molecule has 2 fully saturated rings. The number of hydrogen-bond acceptors (Lipinski definition) is 2. The highest BCUT2D eigenvalue weighted by atomic mass is 35.5. The fourth-order valence-corrected chi connectivity index (χ4v) is 3.79. The number of halogens is 3. The van der Waals surface area contributed by atoms with Gasteiger partial charge in [-0.1, -0.05) is 23.7 Å². The van der Waals surface area contributed by atoms with Gasteiger partial charge in [0.15, 0.2) is 0 Å². The molecule has 1 aromatic rings. The maximum atomic E-state index is 12.5. The quantitative estimate of drug-likeness (QED) is 0.764. The van der Waals surface area contributed by atoms with Crippen LogP contribution in [0.5, 0.6) is 0 Å². The Hall–Kier alpha value is -0.640. The lowest BCUT2D eigenvalue weighted by atomic mass is 10.1. The van der Waals surface area contributed by atoms with Gasteiger partial charge in [0.25, 0.3) is 0 Å². The third-order valence-electron chi connectivity index (χ3n) is 4.49. The van der Waals surface area contributed by atoms with Crippen molar-refractivity contribution in [2.75, 3.05) is 31.1 Å². The van der Waals surface area contributed by atoms with Gasteiger partial charge in [-0.05, 0) is 25.5 Å². The summed E-state index contributed by atoms with van der Waals surface area (Å²) in [6.45, 7) is 4.72. The van der Waals surface area contributed by atoms with Gasteiger partial charge in [0.05, 0.1) is 16.1 Å². The normalized spacial score (nSPS) is 27.6. The summed E-state index contributed by atoms with van der Waals surface area (Å²) in [5.74, 6) is 0.0614. The highest BCUT2D eigenvalue weighted by Gasteiger charge is 2.68. The summed E-state index contributed by atoms with van der Waals surface area (Å²) < 4.78 is -0.899. The Bertz CT molecular complexity index is 570. The van der Waals surface area contributed by atoms with Gasteiger partial charge < -0.3 is 9.80 Å². The van der Waals surface area contributed by atoms with Crippen molar-refractivity contribution in [1.29, 1.82) is 0 Å². The Morgan fingerprint density at radius 2 is 1.71 bits per heavy atom. The minimum Gasteiger partial charge on any atom is -0.367 e. The van der Waals surface area contributed by atoms with Crippen molar-refractivity contribution < 1.29 is 4.79 Å². The van der Waals surface area contributed by atoms with Crippen LogP contribution in [0.2, 0.25) is 5.02 Å². The van der Waals surface area contributed by atoms with Crippen LogP contribution in [0.15, 0.2) is 24.3 Å². The molecule has 1 unspecified atom stereocenters. The molecular weight excluding hydrogens is 331 g/mol. The van der Waals surface area contributed by atoms with Crippen molar-refractivity contribution >= 4 is 46.4 Å². The van der Waals surface area contributed by atoms with Crippen LogP contribution in [0.25, 0.3) is 0 Å². The second kappa shape index (κ2) is 5.22. The van der Waals surface area contributed by atoms with Gasteiger partial charge in [0.2, 0.25) is 5.91 Å². The lowest BCUT2D eigenvalue weighted by molar-refractivity contribution is -0.136. The van der Waals surface area contributed by atoms with Crippen LogP contribution in [0.4, 0.5) is 5.69 Å². The van der Waals surface area contributed by atoms with E-state index in [1.54, 1.807) is 0 Å². The molecule has 0 bridgehead atoms. The average molecular weight is 348 g/mol. The van der Waals surface area contributed by atoms with E-state index in [1.807, 2.05) is 36.1 Å². The molecular formula is C15H17Cl3N2O. The van der Waals surface area contributed by atoms with E-state index < -0.39 is 9.75 Å². The van der Waals surface area contributed by atoms with Crippen molar-refractivity contribution in [1.82, 2.24) is 4.90 Å². The molecule has 0 N–H and O–H groups in total. The molecule has 1 aliphatic carbocycles. The standard InChI is InChI=1S/C15H17Cl3N2O/c1-14(10-15(14,17)18)13(21)20-8-6-19(7-9-20)12-5-3-2-4-11(12)16/h2-5H,6-10H2,1H3. The number of alkyl halides is 2. The number of para-hydroxylation sites is 1. The number of amides is 1. The first-order valence-electron chi connectivity index (χ1n) is 7.02. The van der Waals surface area contributed by atoms with E-state index in [4.69, 9.17) is 34.8 Å². The highest BCUT2D eigenvalue weighted by molar-refractivity contribution is 6.53. The first-order valence-corrected chi connectivity index (χ1v) is 8.15. The number of anilines is 1. The van der Waals surface area contributed by atoms with Crippen molar-refractivity contribution in [3.05, 3.63) is 29.3 Å². The van der Waals surface area contributed by atoms with Crippen LogP contribution in [-0.2, 0) is 4.79 Å². The predicted octanol–water partition coefficient (Wildman–Crippen LogP) is 3.57. The second-order valence-electron chi connectivity index (χ2n) is 5.94. The Morgan fingerprint density at radius 1 is 1.14 bits per heavy atom. The molecule has 1 aliphatic heterocycles. The van der Waals surface area contributed by atoms with E-state index in [9.17, 15) is 4.79 Å². The molecule has 6 heteroatoms. The summed E-state index contributed by atoms with van der Waals surface area (Å²) >= 11 is 18.4. The van der Waals surface area contributed by atoms with E-state index >= 15 is 0 Å². The third kappa shape index (κ3) is 2.60. The van der Waals surface area contributed by atoms with E-state index in [-0.39, 0.29) is 5.91 Å². The molecule has 0 aromatic heterocycles. The van der Waals surface area contributed by atoms with Gasteiger partial charge in [-0.2, -0.15) is 0 Å². The SMILES string of the molecule is CC1(C(=O)N2CCN(c3ccccc3Cl)CC2)CC1(Cl)Cl. The van der Waals surface area contributed by atoms with Crippen LogP contribution < -0.4 is 4.90 Å². The van der Waals surface area contributed by atoms with Crippen molar-refractivity contribution in [3.63, 3.8) is 0 Å². The summed E-state index contributed by atoms with van der Waals surface area (Å²) in [6.07, 6.45) is 0.534. The average Bonchev–Trinajstić information content (AvgIpc) is 2.99. The van der Waals surface area contributed by atoms with E-state index in [0.29, 0.717) is 19.5 Å².